The van der Waals surface area contributed by atoms with Gasteiger partial charge in [-0.2, -0.15) is 5.10 Å². The van der Waals surface area contributed by atoms with Gasteiger partial charge in [-0.3, -0.25) is 14.9 Å². The first kappa shape index (κ1) is 10.3. The van der Waals surface area contributed by atoms with Crippen molar-refractivity contribution in [2.24, 2.45) is 0 Å². The molecule has 16 heavy (non-hydrogen) atoms. The second-order valence-corrected chi connectivity index (χ2v) is 3.33. The molecule has 0 saturated heterocycles. The highest BCUT2D eigenvalue weighted by Gasteiger charge is 2.12. The van der Waals surface area contributed by atoms with Crippen molar-refractivity contribution >= 4 is 5.91 Å². The minimum Gasteiger partial charge on any atom is -0.334 e. The molecule has 2 aromatic rings. The van der Waals surface area contributed by atoms with E-state index in [-0.39, 0.29) is 5.91 Å². The van der Waals surface area contributed by atoms with Gasteiger partial charge < -0.3 is 4.90 Å². The molecule has 2 heterocycles. The molecule has 0 aliphatic carbocycles. The van der Waals surface area contributed by atoms with Crippen molar-refractivity contribution < 1.29 is 4.79 Å². The van der Waals surface area contributed by atoms with E-state index in [1.807, 2.05) is 0 Å². The summed E-state index contributed by atoms with van der Waals surface area (Å²) >= 11 is 0. The zero-order valence-corrected chi connectivity index (χ0v) is 8.79. The summed E-state index contributed by atoms with van der Waals surface area (Å²) in [4.78, 5) is 21.3. The van der Waals surface area contributed by atoms with Gasteiger partial charge in [-0.15, -0.1) is 0 Å². The maximum atomic E-state index is 11.9. The number of pyridine rings is 1. The van der Waals surface area contributed by atoms with Crippen molar-refractivity contribution in [1.82, 2.24) is 25.1 Å². The predicted octanol–water partition coefficient (Wildman–Crippen LogP) is 0.472. The summed E-state index contributed by atoms with van der Waals surface area (Å²) < 4.78 is 0. The minimum atomic E-state index is -0.0706. The lowest BCUT2D eigenvalue weighted by molar-refractivity contribution is 0.0781. The molecule has 0 spiro atoms. The van der Waals surface area contributed by atoms with E-state index in [9.17, 15) is 4.79 Å². The molecular formula is C10H11N5O. The van der Waals surface area contributed by atoms with Gasteiger partial charge in [-0.1, -0.05) is 0 Å². The number of nitrogens with one attached hydrogen (secondary N) is 1. The van der Waals surface area contributed by atoms with Gasteiger partial charge in [0.25, 0.3) is 5.91 Å². The van der Waals surface area contributed by atoms with Gasteiger partial charge in [0.05, 0.1) is 6.54 Å². The van der Waals surface area contributed by atoms with E-state index >= 15 is 0 Å². The summed E-state index contributed by atoms with van der Waals surface area (Å²) in [5.41, 5.74) is 0.608. The lowest BCUT2D eigenvalue weighted by Crippen LogP contribution is -2.26. The summed E-state index contributed by atoms with van der Waals surface area (Å²) in [6.07, 6.45) is 4.60. The second-order valence-electron chi connectivity index (χ2n) is 3.33. The molecule has 2 rings (SSSR count). The van der Waals surface area contributed by atoms with Crippen LogP contribution in [0, 0.1) is 0 Å². The topological polar surface area (TPSA) is 74.8 Å². The van der Waals surface area contributed by atoms with Crippen LogP contribution >= 0.6 is 0 Å². The van der Waals surface area contributed by atoms with E-state index in [4.69, 9.17) is 0 Å². The number of H-pyrrole nitrogens is 1. The van der Waals surface area contributed by atoms with Crippen LogP contribution in [-0.2, 0) is 6.54 Å². The van der Waals surface area contributed by atoms with Crippen LogP contribution in [-0.4, -0.2) is 38.0 Å². The molecule has 1 N–H and O–H groups in total. The molecule has 0 aromatic carbocycles. The number of nitrogens with zero attached hydrogens (tertiary/aromatic N) is 4. The molecule has 0 saturated carbocycles. The van der Waals surface area contributed by atoms with E-state index < -0.39 is 0 Å². The summed E-state index contributed by atoms with van der Waals surface area (Å²) in [6.45, 7) is 0.404. The minimum absolute atomic E-state index is 0.0706. The molecular weight excluding hydrogens is 206 g/mol. The Bertz CT molecular complexity index is 453. The van der Waals surface area contributed by atoms with Crippen molar-refractivity contribution in [1.29, 1.82) is 0 Å². The van der Waals surface area contributed by atoms with Crippen LogP contribution in [0.2, 0.25) is 0 Å². The number of hydrogen-bond acceptors (Lipinski definition) is 4. The molecule has 2 aromatic heterocycles. The highest BCUT2D eigenvalue weighted by atomic mass is 16.2. The van der Waals surface area contributed by atoms with Gasteiger partial charge in [-0.05, 0) is 12.1 Å². The molecule has 6 heteroatoms. The lowest BCUT2D eigenvalue weighted by Gasteiger charge is -2.15. The van der Waals surface area contributed by atoms with Crippen LogP contribution in [0.25, 0.3) is 0 Å². The number of hydrogen-bond donors (Lipinski definition) is 1. The molecule has 6 nitrogen and oxygen atoms in total. The van der Waals surface area contributed by atoms with Crippen molar-refractivity contribution in [3.05, 3.63) is 42.2 Å². The summed E-state index contributed by atoms with van der Waals surface area (Å²) in [6, 6.07) is 3.36. The van der Waals surface area contributed by atoms with Gasteiger partial charge in [0.15, 0.2) is 0 Å². The van der Waals surface area contributed by atoms with Crippen LogP contribution in [0.15, 0.2) is 30.9 Å². The van der Waals surface area contributed by atoms with E-state index in [0.717, 1.165) is 0 Å². The zero-order valence-electron chi connectivity index (χ0n) is 8.79. The molecule has 0 unspecified atom stereocenters. The Morgan fingerprint density at radius 1 is 1.44 bits per heavy atom. The largest absolute Gasteiger partial charge is 0.334 e. The molecule has 0 aliphatic heterocycles. The average Bonchev–Trinajstić information content (AvgIpc) is 2.82. The first-order valence-electron chi connectivity index (χ1n) is 4.77. The Morgan fingerprint density at radius 3 is 2.81 bits per heavy atom. The van der Waals surface area contributed by atoms with Gasteiger partial charge >= 0.3 is 0 Å². The Labute approximate surface area is 92.3 Å². The van der Waals surface area contributed by atoms with Crippen molar-refractivity contribution in [3.63, 3.8) is 0 Å². The number of rotatable bonds is 3. The maximum absolute atomic E-state index is 11.9. The first-order valence-corrected chi connectivity index (χ1v) is 4.77. The van der Waals surface area contributed by atoms with Crippen molar-refractivity contribution in [2.45, 2.75) is 6.54 Å². The second kappa shape index (κ2) is 4.52. The number of amides is 1. The third kappa shape index (κ3) is 2.22. The van der Waals surface area contributed by atoms with Crippen LogP contribution in [0.5, 0.6) is 0 Å². The van der Waals surface area contributed by atoms with Crippen molar-refractivity contribution in [3.8, 4) is 0 Å². The van der Waals surface area contributed by atoms with Gasteiger partial charge in [-0.25, -0.2) is 4.98 Å². The van der Waals surface area contributed by atoms with Gasteiger partial charge in [0.2, 0.25) is 0 Å². The summed E-state index contributed by atoms with van der Waals surface area (Å²) in [5.74, 6) is 0.587. The zero-order chi connectivity index (χ0) is 11.4. The summed E-state index contributed by atoms with van der Waals surface area (Å²) in [7, 11) is 1.71. The number of aromatic nitrogens is 4. The molecule has 0 aliphatic rings. The quantitative estimate of drug-likeness (QED) is 0.811. The third-order valence-corrected chi connectivity index (χ3v) is 2.13. The molecule has 0 fully saturated rings. The van der Waals surface area contributed by atoms with E-state index in [1.165, 1.54) is 6.33 Å². The smallest absolute Gasteiger partial charge is 0.254 e. The van der Waals surface area contributed by atoms with Crippen LogP contribution in [0.1, 0.15) is 16.2 Å². The normalized spacial score (nSPS) is 10.1. The highest BCUT2D eigenvalue weighted by Crippen LogP contribution is 2.03. The van der Waals surface area contributed by atoms with E-state index in [2.05, 4.69) is 20.2 Å². The molecule has 0 radical (unpaired) electrons. The predicted molar refractivity (Wildman–Crippen MR) is 56.4 cm³/mol. The van der Waals surface area contributed by atoms with E-state index in [1.54, 1.807) is 36.5 Å². The standard InChI is InChI=1S/C10H11N5O/c1-15(6-9-12-7-13-14-9)10(16)8-2-4-11-5-3-8/h2-5,7H,6H2,1H3,(H,12,13,14). The number of carbonyl (C=O) groups excluding carboxylic acids is 1. The summed E-state index contributed by atoms with van der Waals surface area (Å²) in [5, 5.41) is 6.43. The highest BCUT2D eigenvalue weighted by molar-refractivity contribution is 5.93. The van der Waals surface area contributed by atoms with Gasteiger partial charge in [0, 0.05) is 25.0 Å². The number of carbonyl (C=O) groups is 1. The average molecular weight is 217 g/mol. The van der Waals surface area contributed by atoms with Crippen LogP contribution < -0.4 is 0 Å². The van der Waals surface area contributed by atoms with Crippen LogP contribution in [0.3, 0.4) is 0 Å². The maximum Gasteiger partial charge on any atom is 0.254 e. The Balaban J connectivity index is 2.05. The Hall–Kier alpha value is -2.24. The van der Waals surface area contributed by atoms with Crippen molar-refractivity contribution in [2.75, 3.05) is 7.05 Å². The van der Waals surface area contributed by atoms with Crippen LogP contribution in [0.4, 0.5) is 0 Å². The Kier molecular flexibility index (Phi) is 2.90. The Morgan fingerprint density at radius 2 is 2.19 bits per heavy atom. The van der Waals surface area contributed by atoms with E-state index in [0.29, 0.717) is 17.9 Å². The van der Waals surface area contributed by atoms with Gasteiger partial charge in [0.1, 0.15) is 12.2 Å². The fourth-order valence-corrected chi connectivity index (χ4v) is 1.32. The number of aromatic amines is 1. The molecule has 0 bridgehead atoms. The molecule has 1 amide bonds. The molecule has 82 valence electrons. The fraction of sp³-hybridized carbons (Fsp3) is 0.200. The SMILES string of the molecule is CN(Cc1ncn[nH]1)C(=O)c1ccncc1. The monoisotopic (exact) mass is 217 g/mol. The molecule has 0 atom stereocenters. The third-order valence-electron chi connectivity index (χ3n) is 2.13. The lowest BCUT2D eigenvalue weighted by atomic mass is 10.2. The fourth-order valence-electron chi connectivity index (χ4n) is 1.32. The first-order chi connectivity index (χ1) is 7.77.